The van der Waals surface area contributed by atoms with Crippen LogP contribution in [0.15, 0.2) is 6.07 Å². The van der Waals surface area contributed by atoms with Gasteiger partial charge in [0.25, 0.3) is 0 Å². The van der Waals surface area contributed by atoms with Gasteiger partial charge in [-0.3, -0.25) is 4.79 Å². The molecule has 4 nitrogen and oxygen atoms in total. The molecule has 2 rings (SSSR count). The van der Waals surface area contributed by atoms with Crippen LogP contribution in [0.25, 0.3) is 0 Å². The molecular weight excluding hydrogens is 290 g/mol. The molecule has 1 aromatic heterocycles. The van der Waals surface area contributed by atoms with Gasteiger partial charge >= 0.3 is 0 Å². The van der Waals surface area contributed by atoms with Gasteiger partial charge in [0.2, 0.25) is 0 Å². The van der Waals surface area contributed by atoms with Crippen LogP contribution in [-0.2, 0) is 0 Å². The van der Waals surface area contributed by atoms with Crippen LogP contribution in [0.2, 0.25) is 5.15 Å². The summed E-state index contributed by atoms with van der Waals surface area (Å²) in [6, 6.07) is 1.70. The highest BCUT2D eigenvalue weighted by molar-refractivity contribution is 6.31. The molecule has 0 fully saturated rings. The van der Waals surface area contributed by atoms with Gasteiger partial charge in [0, 0.05) is 18.4 Å². The Morgan fingerprint density at radius 3 is 2.95 bits per heavy atom. The Morgan fingerprint density at radius 1 is 1.52 bits per heavy atom. The molecule has 1 atom stereocenters. The summed E-state index contributed by atoms with van der Waals surface area (Å²) in [6.45, 7) is 7.38. The molecule has 5 heteroatoms. The molecule has 0 aliphatic carbocycles. The molecule has 0 spiro atoms. The van der Waals surface area contributed by atoms with Crippen molar-refractivity contribution in [1.29, 1.82) is 0 Å². The molecule has 0 amide bonds. The van der Waals surface area contributed by atoms with Crippen LogP contribution >= 0.6 is 11.6 Å². The Kier molecular flexibility index (Phi) is 5.45. The zero-order chi connectivity index (χ0) is 15.4. The maximum Gasteiger partial charge on any atom is 0.185 e. The Balaban J connectivity index is 2.22. The van der Waals surface area contributed by atoms with Crippen LogP contribution in [-0.4, -0.2) is 24.0 Å². The second kappa shape index (κ2) is 7.12. The van der Waals surface area contributed by atoms with Crippen LogP contribution in [0, 0.1) is 11.8 Å². The second-order valence-corrected chi connectivity index (χ2v) is 6.13. The Labute approximate surface area is 130 Å². The SMILES string of the molecule is CCCCOc1cc2c(nc1Cl)C(=O)CC(C(C)C)CO2. The van der Waals surface area contributed by atoms with Crippen molar-refractivity contribution in [3.8, 4) is 11.5 Å². The van der Waals surface area contributed by atoms with Crippen molar-refractivity contribution in [2.45, 2.75) is 40.0 Å². The number of unbranched alkanes of at least 4 members (excludes halogenated alkanes) is 1. The van der Waals surface area contributed by atoms with Gasteiger partial charge in [0.1, 0.15) is 5.69 Å². The number of hydrogen-bond acceptors (Lipinski definition) is 4. The largest absolute Gasteiger partial charge is 0.491 e. The number of Topliss-reactive ketones (excluding diaryl/α,β-unsaturated/α-hetero) is 1. The average Bonchev–Trinajstić information content (AvgIpc) is 2.59. The Bertz CT molecular complexity index is 516. The molecule has 21 heavy (non-hydrogen) atoms. The highest BCUT2D eigenvalue weighted by Crippen LogP contribution is 2.34. The predicted octanol–water partition coefficient (Wildman–Crippen LogP) is 4.15. The van der Waals surface area contributed by atoms with Crippen molar-refractivity contribution >= 4 is 17.4 Å². The minimum Gasteiger partial charge on any atom is -0.491 e. The van der Waals surface area contributed by atoms with Gasteiger partial charge in [-0.2, -0.15) is 0 Å². The minimum absolute atomic E-state index is 0.0109. The third-order valence-electron chi connectivity index (χ3n) is 3.77. The van der Waals surface area contributed by atoms with Gasteiger partial charge < -0.3 is 9.47 Å². The summed E-state index contributed by atoms with van der Waals surface area (Å²) in [5.41, 5.74) is 0.325. The number of ether oxygens (including phenoxy) is 2. The van der Waals surface area contributed by atoms with E-state index < -0.39 is 0 Å². The normalized spacial score (nSPS) is 18.1. The highest BCUT2D eigenvalue weighted by atomic mass is 35.5. The molecule has 1 aliphatic rings. The molecular formula is C16H22ClNO3. The zero-order valence-corrected chi connectivity index (χ0v) is 13.6. The summed E-state index contributed by atoms with van der Waals surface area (Å²) in [7, 11) is 0. The summed E-state index contributed by atoms with van der Waals surface area (Å²) in [5.74, 6) is 1.55. The first kappa shape index (κ1) is 16.1. The Morgan fingerprint density at radius 2 is 2.29 bits per heavy atom. The van der Waals surface area contributed by atoms with Crippen molar-refractivity contribution in [3.05, 3.63) is 16.9 Å². The van der Waals surface area contributed by atoms with Crippen LogP contribution in [0.4, 0.5) is 0 Å². The summed E-state index contributed by atoms with van der Waals surface area (Å²) < 4.78 is 11.4. The summed E-state index contributed by atoms with van der Waals surface area (Å²) in [5, 5.41) is 0.227. The number of pyridine rings is 1. The van der Waals surface area contributed by atoms with E-state index in [2.05, 4.69) is 25.8 Å². The van der Waals surface area contributed by atoms with E-state index in [0.29, 0.717) is 42.7 Å². The monoisotopic (exact) mass is 311 g/mol. The number of nitrogens with zero attached hydrogens (tertiary/aromatic N) is 1. The van der Waals surface area contributed by atoms with E-state index >= 15 is 0 Å². The van der Waals surface area contributed by atoms with Crippen LogP contribution < -0.4 is 9.47 Å². The van der Waals surface area contributed by atoms with E-state index in [9.17, 15) is 4.79 Å². The molecule has 0 aromatic carbocycles. The lowest BCUT2D eigenvalue weighted by molar-refractivity contribution is 0.0941. The molecule has 0 saturated heterocycles. The third kappa shape index (κ3) is 3.88. The predicted molar refractivity (Wildman–Crippen MR) is 82.4 cm³/mol. The van der Waals surface area contributed by atoms with E-state index in [4.69, 9.17) is 21.1 Å². The van der Waals surface area contributed by atoms with Crippen molar-refractivity contribution in [3.63, 3.8) is 0 Å². The number of halogens is 1. The van der Waals surface area contributed by atoms with E-state index in [1.54, 1.807) is 6.07 Å². The van der Waals surface area contributed by atoms with E-state index in [1.165, 1.54) is 0 Å². The second-order valence-electron chi connectivity index (χ2n) is 5.77. The molecule has 116 valence electrons. The van der Waals surface area contributed by atoms with Gasteiger partial charge in [-0.25, -0.2) is 4.98 Å². The van der Waals surface area contributed by atoms with Crippen LogP contribution in [0.1, 0.15) is 50.5 Å². The van der Waals surface area contributed by atoms with Crippen LogP contribution in [0.3, 0.4) is 0 Å². The standard InChI is InChI=1S/C16H22ClNO3/c1-4-5-6-20-14-8-13-15(18-16(14)17)12(19)7-11(9-21-13)10(2)3/h8,10-11H,4-7,9H2,1-3H3. The number of hydrogen-bond donors (Lipinski definition) is 0. The fourth-order valence-corrected chi connectivity index (χ4v) is 2.41. The summed E-state index contributed by atoms with van der Waals surface area (Å²) in [4.78, 5) is 16.5. The van der Waals surface area contributed by atoms with Gasteiger partial charge in [0.05, 0.1) is 13.2 Å². The quantitative estimate of drug-likeness (QED) is 0.605. The summed E-state index contributed by atoms with van der Waals surface area (Å²) >= 11 is 6.11. The molecule has 0 saturated carbocycles. The fraction of sp³-hybridized carbons (Fsp3) is 0.625. The zero-order valence-electron chi connectivity index (χ0n) is 12.8. The number of rotatable bonds is 5. The maximum atomic E-state index is 12.3. The lowest BCUT2D eigenvalue weighted by Crippen LogP contribution is -2.18. The maximum absolute atomic E-state index is 12.3. The fourth-order valence-electron chi connectivity index (χ4n) is 2.21. The van der Waals surface area contributed by atoms with Crippen molar-refractivity contribution < 1.29 is 14.3 Å². The van der Waals surface area contributed by atoms with Crippen molar-refractivity contribution in [2.24, 2.45) is 11.8 Å². The van der Waals surface area contributed by atoms with E-state index in [0.717, 1.165) is 12.8 Å². The molecule has 0 radical (unpaired) electrons. The molecule has 1 aromatic rings. The Hall–Kier alpha value is -1.29. The van der Waals surface area contributed by atoms with Gasteiger partial charge in [-0.05, 0) is 12.3 Å². The number of ketones is 1. The van der Waals surface area contributed by atoms with Gasteiger partial charge in [0.15, 0.2) is 22.4 Å². The van der Waals surface area contributed by atoms with E-state index in [-0.39, 0.29) is 16.9 Å². The number of carbonyl (C=O) groups excluding carboxylic acids is 1. The molecule has 1 unspecified atom stereocenters. The topological polar surface area (TPSA) is 48.4 Å². The molecule has 0 bridgehead atoms. The number of aromatic nitrogens is 1. The first-order valence-electron chi connectivity index (χ1n) is 7.52. The molecule has 0 N–H and O–H groups in total. The smallest absolute Gasteiger partial charge is 0.185 e. The molecule has 1 aliphatic heterocycles. The average molecular weight is 312 g/mol. The highest BCUT2D eigenvalue weighted by Gasteiger charge is 2.28. The van der Waals surface area contributed by atoms with E-state index in [1.807, 2.05) is 0 Å². The number of fused-ring (bicyclic) bond motifs is 1. The first-order chi connectivity index (χ1) is 10.0. The van der Waals surface area contributed by atoms with Crippen molar-refractivity contribution in [1.82, 2.24) is 4.98 Å². The lowest BCUT2D eigenvalue weighted by atomic mass is 9.91. The van der Waals surface area contributed by atoms with Crippen molar-refractivity contribution in [2.75, 3.05) is 13.2 Å². The minimum atomic E-state index is -0.0109. The first-order valence-corrected chi connectivity index (χ1v) is 7.90. The third-order valence-corrected chi connectivity index (χ3v) is 4.04. The summed E-state index contributed by atoms with van der Waals surface area (Å²) in [6.07, 6.45) is 2.44. The van der Waals surface area contributed by atoms with Gasteiger partial charge in [-0.15, -0.1) is 0 Å². The lowest BCUT2D eigenvalue weighted by Gasteiger charge is -2.16. The molecule has 2 heterocycles. The van der Waals surface area contributed by atoms with Gasteiger partial charge in [-0.1, -0.05) is 38.8 Å². The number of carbonyl (C=O) groups is 1. The van der Waals surface area contributed by atoms with Crippen LogP contribution in [0.5, 0.6) is 11.5 Å².